The molecule has 6 nitrogen and oxygen atoms in total. The van der Waals surface area contributed by atoms with Crippen molar-refractivity contribution >= 4 is 38.5 Å². The Morgan fingerprint density at radius 3 is 2.06 bits per heavy atom. The lowest BCUT2D eigenvalue weighted by Crippen LogP contribution is -2.33. The monoisotopic (exact) mass is 698 g/mol. The second kappa shape index (κ2) is 13.0. The number of anilines is 1. The molecule has 0 saturated carbocycles. The molecule has 266 valence electrons. The molecule has 0 spiro atoms. The number of pyridine rings is 1. The first-order valence-corrected chi connectivity index (χ1v) is 18.4. The third kappa shape index (κ3) is 6.54. The molecule has 0 aliphatic rings. The number of hydrogen-bond donors (Lipinski definition) is 0. The largest absolute Gasteiger partial charge is 0.457 e. The maximum atomic E-state index is 6.64. The number of nitrogens with zero attached hydrogens (tertiary/aromatic N) is 5. The highest BCUT2D eigenvalue weighted by Gasteiger charge is 2.23. The van der Waals surface area contributed by atoms with Gasteiger partial charge in [-0.1, -0.05) is 96.1 Å². The van der Waals surface area contributed by atoms with Crippen molar-refractivity contribution in [2.45, 2.75) is 58.9 Å². The molecule has 0 saturated heterocycles. The Morgan fingerprint density at radius 1 is 0.642 bits per heavy atom. The van der Waals surface area contributed by atoms with Crippen molar-refractivity contribution in [3.63, 3.8) is 0 Å². The van der Waals surface area contributed by atoms with Crippen LogP contribution in [0.2, 0.25) is 0 Å². The minimum atomic E-state index is 0.0598. The first-order valence-electron chi connectivity index (χ1n) is 18.4. The van der Waals surface area contributed by atoms with Gasteiger partial charge in [0.25, 0.3) is 0 Å². The average molecular weight is 699 g/mol. The van der Waals surface area contributed by atoms with Crippen molar-refractivity contribution in [1.29, 1.82) is 0 Å². The van der Waals surface area contributed by atoms with Gasteiger partial charge in [-0.2, -0.15) is 4.57 Å². The molecule has 3 aromatic heterocycles. The van der Waals surface area contributed by atoms with Crippen LogP contribution in [-0.4, -0.2) is 28.2 Å². The lowest BCUT2D eigenvalue weighted by atomic mass is 9.79. The Labute approximate surface area is 312 Å². The normalized spacial score (nSPS) is 12.2. The van der Waals surface area contributed by atoms with Gasteiger partial charge in [-0.15, -0.1) is 0 Å². The van der Waals surface area contributed by atoms with E-state index in [0.717, 1.165) is 57.2 Å². The van der Waals surface area contributed by atoms with Crippen LogP contribution in [0.1, 0.15) is 58.2 Å². The molecule has 6 heteroatoms. The van der Waals surface area contributed by atoms with Crippen LogP contribution in [0.4, 0.5) is 5.69 Å². The summed E-state index contributed by atoms with van der Waals surface area (Å²) in [5.74, 6) is 2.41. The van der Waals surface area contributed by atoms with E-state index in [1.54, 1.807) is 0 Å². The fourth-order valence-corrected chi connectivity index (χ4v) is 7.25. The summed E-state index contributed by atoms with van der Waals surface area (Å²) in [6.07, 6.45) is 4.10. The fraction of sp³-hybridized carbons (Fsp3) is 0.234. The lowest BCUT2D eigenvalue weighted by Gasteiger charge is -2.26. The molecular formula is C47H48N5O+. The SMILES string of the molecule is CN(C)c1ccnc(-n2c3ccccc3c3ccc(Oc4cccc(-n5c[n+](Cc6cc(C(C)(C)C)cc(C(C)(C)C)c6)c6ccccc65)c4)cc32)c1. The highest BCUT2D eigenvalue weighted by atomic mass is 16.5. The molecule has 0 aliphatic carbocycles. The Kier molecular flexibility index (Phi) is 8.37. The molecule has 0 fully saturated rings. The van der Waals surface area contributed by atoms with Gasteiger partial charge in [-0.05, 0) is 76.1 Å². The van der Waals surface area contributed by atoms with Crippen LogP contribution < -0.4 is 14.2 Å². The van der Waals surface area contributed by atoms with Gasteiger partial charge in [0.2, 0.25) is 6.33 Å². The smallest absolute Gasteiger partial charge is 0.250 e. The topological polar surface area (TPSA) is 39.1 Å². The van der Waals surface area contributed by atoms with Gasteiger partial charge in [-0.3, -0.25) is 4.57 Å². The van der Waals surface area contributed by atoms with Gasteiger partial charge in [0, 0.05) is 55.0 Å². The molecule has 0 atom stereocenters. The van der Waals surface area contributed by atoms with Gasteiger partial charge in [0.15, 0.2) is 11.0 Å². The van der Waals surface area contributed by atoms with Crippen molar-refractivity contribution in [3.8, 4) is 23.0 Å². The second-order valence-electron chi connectivity index (χ2n) is 16.4. The van der Waals surface area contributed by atoms with E-state index in [-0.39, 0.29) is 10.8 Å². The molecular weight excluding hydrogens is 651 g/mol. The van der Waals surface area contributed by atoms with Crippen LogP contribution >= 0.6 is 0 Å². The summed E-state index contributed by atoms with van der Waals surface area (Å²) in [7, 11) is 4.10. The number of benzene rings is 5. The quantitative estimate of drug-likeness (QED) is 0.156. The number of imidazole rings is 1. The summed E-state index contributed by atoms with van der Waals surface area (Å²) in [6, 6.07) is 43.1. The van der Waals surface area contributed by atoms with E-state index in [1.807, 2.05) is 18.3 Å². The van der Waals surface area contributed by atoms with Crippen LogP contribution in [0.15, 0.2) is 134 Å². The van der Waals surface area contributed by atoms with E-state index >= 15 is 0 Å². The van der Waals surface area contributed by atoms with Gasteiger partial charge in [0.1, 0.15) is 29.5 Å². The Bertz CT molecular complexity index is 2600. The van der Waals surface area contributed by atoms with Crippen molar-refractivity contribution in [2.75, 3.05) is 19.0 Å². The fourth-order valence-electron chi connectivity index (χ4n) is 7.25. The van der Waals surface area contributed by atoms with E-state index in [1.165, 1.54) is 27.6 Å². The number of fused-ring (bicyclic) bond motifs is 4. The van der Waals surface area contributed by atoms with Gasteiger partial charge in [0.05, 0.1) is 11.0 Å². The van der Waals surface area contributed by atoms with E-state index in [2.05, 4.69) is 190 Å². The van der Waals surface area contributed by atoms with Crippen molar-refractivity contribution in [2.24, 2.45) is 0 Å². The third-order valence-corrected chi connectivity index (χ3v) is 10.2. The molecule has 5 aromatic carbocycles. The first-order chi connectivity index (χ1) is 25.3. The number of rotatable bonds is 7. The van der Waals surface area contributed by atoms with Gasteiger partial charge in [-0.25, -0.2) is 9.55 Å². The molecule has 53 heavy (non-hydrogen) atoms. The molecule has 0 bridgehead atoms. The number of aromatic nitrogens is 4. The van der Waals surface area contributed by atoms with Crippen molar-refractivity contribution < 1.29 is 9.30 Å². The average Bonchev–Trinajstić information content (AvgIpc) is 3.66. The molecule has 0 N–H and O–H groups in total. The molecule has 0 aliphatic heterocycles. The molecule has 3 heterocycles. The van der Waals surface area contributed by atoms with Gasteiger partial charge >= 0.3 is 0 Å². The summed E-state index contributed by atoms with van der Waals surface area (Å²) in [4.78, 5) is 6.90. The lowest BCUT2D eigenvalue weighted by molar-refractivity contribution is -0.662. The highest BCUT2D eigenvalue weighted by molar-refractivity contribution is 6.09. The van der Waals surface area contributed by atoms with E-state index in [9.17, 15) is 0 Å². The van der Waals surface area contributed by atoms with Crippen LogP contribution in [0.5, 0.6) is 11.5 Å². The predicted octanol–water partition coefficient (Wildman–Crippen LogP) is 10.9. The molecule has 8 aromatic rings. The molecule has 0 radical (unpaired) electrons. The number of ether oxygens (including phenoxy) is 1. The van der Waals surface area contributed by atoms with Gasteiger partial charge < -0.3 is 9.64 Å². The van der Waals surface area contributed by atoms with E-state index in [0.29, 0.717) is 0 Å². The second-order valence-corrected chi connectivity index (χ2v) is 16.4. The van der Waals surface area contributed by atoms with Crippen LogP contribution in [0.3, 0.4) is 0 Å². The minimum absolute atomic E-state index is 0.0598. The zero-order chi connectivity index (χ0) is 37.1. The maximum Gasteiger partial charge on any atom is 0.250 e. The van der Waals surface area contributed by atoms with Crippen molar-refractivity contribution in [3.05, 3.63) is 151 Å². The summed E-state index contributed by atoms with van der Waals surface area (Å²) >= 11 is 0. The first kappa shape index (κ1) is 34.2. The number of hydrogen-bond acceptors (Lipinski definition) is 3. The summed E-state index contributed by atoms with van der Waals surface area (Å²) < 4.78 is 13.5. The summed E-state index contributed by atoms with van der Waals surface area (Å²) in [5.41, 5.74) is 10.8. The molecule has 8 rings (SSSR count). The van der Waals surface area contributed by atoms with Crippen LogP contribution in [0.25, 0.3) is 44.3 Å². The maximum absolute atomic E-state index is 6.64. The standard InChI is InChI=1S/C47H48N5O/c1-46(2,3)33-24-32(25-34(26-33)47(4,5)6)30-50-31-51(43-19-12-11-18-42(43)50)36-14-13-15-37(27-36)53-38-20-21-40-39-16-9-10-17-41(39)52(44(40)29-38)45-28-35(49(7)8)22-23-48-45/h9-29,31H,30H2,1-8H3/q+1. The van der Waals surface area contributed by atoms with E-state index in [4.69, 9.17) is 9.72 Å². The minimum Gasteiger partial charge on any atom is -0.457 e. The van der Waals surface area contributed by atoms with E-state index < -0.39 is 0 Å². The summed E-state index contributed by atoms with van der Waals surface area (Å²) in [6.45, 7) is 14.6. The zero-order valence-electron chi connectivity index (χ0n) is 32.1. The Morgan fingerprint density at radius 2 is 1.32 bits per heavy atom. The zero-order valence-corrected chi connectivity index (χ0v) is 32.1. The van der Waals surface area contributed by atoms with Crippen LogP contribution in [-0.2, 0) is 17.4 Å². The summed E-state index contributed by atoms with van der Waals surface area (Å²) in [5, 5.41) is 2.34. The third-order valence-electron chi connectivity index (χ3n) is 10.2. The molecule has 0 unspecified atom stereocenters. The number of para-hydroxylation sites is 3. The van der Waals surface area contributed by atoms with Crippen molar-refractivity contribution in [1.82, 2.24) is 14.1 Å². The Balaban J connectivity index is 1.16. The predicted molar refractivity (Wildman–Crippen MR) is 219 cm³/mol. The highest BCUT2D eigenvalue weighted by Crippen LogP contribution is 2.36. The van der Waals surface area contributed by atoms with Crippen LogP contribution in [0, 0.1) is 0 Å². The molecule has 0 amide bonds. The Hall–Kier alpha value is -5.88.